The zero-order valence-electron chi connectivity index (χ0n) is 9.25. The lowest BCUT2D eigenvalue weighted by Gasteiger charge is -2.16. The first kappa shape index (κ1) is 12.9. The molecule has 0 fully saturated rings. The SMILES string of the molecule is CC(C)NC(CSc1ncccn1)C(=O)O. The summed E-state index contributed by atoms with van der Waals surface area (Å²) >= 11 is 1.33. The molecule has 1 atom stereocenters. The number of carboxylic acids is 1. The van der Waals surface area contributed by atoms with Crippen molar-refractivity contribution in [2.45, 2.75) is 31.1 Å². The Morgan fingerprint density at radius 2 is 2.12 bits per heavy atom. The number of thioether (sulfide) groups is 1. The Morgan fingerprint density at radius 1 is 1.50 bits per heavy atom. The van der Waals surface area contributed by atoms with Crippen molar-refractivity contribution >= 4 is 17.7 Å². The number of hydrogen-bond donors (Lipinski definition) is 2. The number of rotatable bonds is 6. The van der Waals surface area contributed by atoms with Crippen LogP contribution in [0.4, 0.5) is 0 Å². The molecule has 1 rings (SSSR count). The van der Waals surface area contributed by atoms with Gasteiger partial charge >= 0.3 is 5.97 Å². The molecule has 6 heteroatoms. The molecule has 0 aliphatic carbocycles. The third-order valence-electron chi connectivity index (χ3n) is 1.75. The van der Waals surface area contributed by atoms with Crippen molar-refractivity contribution in [2.24, 2.45) is 0 Å². The van der Waals surface area contributed by atoms with Gasteiger partial charge in [0.15, 0.2) is 5.16 Å². The summed E-state index contributed by atoms with van der Waals surface area (Å²) in [7, 11) is 0. The Balaban J connectivity index is 2.47. The van der Waals surface area contributed by atoms with Crippen LogP contribution in [-0.4, -0.2) is 38.9 Å². The summed E-state index contributed by atoms with van der Waals surface area (Å²) < 4.78 is 0. The number of hydrogen-bond acceptors (Lipinski definition) is 5. The van der Waals surface area contributed by atoms with Crippen LogP contribution in [0.1, 0.15) is 13.8 Å². The van der Waals surface area contributed by atoms with Crippen LogP contribution in [0.3, 0.4) is 0 Å². The number of aliphatic carboxylic acids is 1. The van der Waals surface area contributed by atoms with Crippen molar-refractivity contribution in [3.05, 3.63) is 18.5 Å². The van der Waals surface area contributed by atoms with Gasteiger partial charge in [-0.1, -0.05) is 25.6 Å². The predicted molar refractivity (Wildman–Crippen MR) is 62.5 cm³/mol. The molecule has 0 aliphatic rings. The highest BCUT2D eigenvalue weighted by atomic mass is 32.2. The maximum Gasteiger partial charge on any atom is 0.321 e. The molecule has 0 bridgehead atoms. The second-order valence-corrected chi connectivity index (χ2v) is 4.54. The van der Waals surface area contributed by atoms with Crippen LogP contribution in [0.5, 0.6) is 0 Å². The van der Waals surface area contributed by atoms with E-state index >= 15 is 0 Å². The Morgan fingerprint density at radius 3 is 2.62 bits per heavy atom. The fourth-order valence-electron chi connectivity index (χ4n) is 1.11. The van der Waals surface area contributed by atoms with Gasteiger partial charge in [0.25, 0.3) is 0 Å². The second-order valence-electron chi connectivity index (χ2n) is 3.55. The van der Waals surface area contributed by atoms with Crippen molar-refractivity contribution in [3.8, 4) is 0 Å². The molecule has 0 saturated heterocycles. The van der Waals surface area contributed by atoms with Gasteiger partial charge in [0.1, 0.15) is 6.04 Å². The summed E-state index contributed by atoms with van der Waals surface area (Å²) in [6, 6.07) is 1.29. The molecule has 0 spiro atoms. The predicted octanol–water partition coefficient (Wildman–Crippen LogP) is 1.02. The number of nitrogens with zero attached hydrogens (tertiary/aromatic N) is 2. The number of carbonyl (C=O) groups is 1. The summed E-state index contributed by atoms with van der Waals surface area (Å²) in [6.45, 7) is 3.83. The van der Waals surface area contributed by atoms with E-state index in [1.54, 1.807) is 18.5 Å². The van der Waals surface area contributed by atoms with E-state index in [9.17, 15) is 4.79 Å². The van der Waals surface area contributed by atoms with Crippen LogP contribution in [0.25, 0.3) is 0 Å². The van der Waals surface area contributed by atoms with E-state index in [1.807, 2.05) is 13.8 Å². The summed E-state index contributed by atoms with van der Waals surface area (Å²) in [4.78, 5) is 19.0. The fraction of sp³-hybridized carbons (Fsp3) is 0.500. The van der Waals surface area contributed by atoms with Crippen LogP contribution in [0, 0.1) is 0 Å². The average Bonchev–Trinajstić information content (AvgIpc) is 2.25. The Hall–Kier alpha value is -1.14. The Kier molecular flexibility index (Phi) is 5.21. The molecule has 1 aromatic rings. The largest absolute Gasteiger partial charge is 0.480 e. The summed E-state index contributed by atoms with van der Waals surface area (Å²) in [5.41, 5.74) is 0. The standard InChI is InChI=1S/C10H15N3O2S/c1-7(2)13-8(9(14)15)6-16-10-11-4-3-5-12-10/h3-5,7-8,13H,6H2,1-2H3,(H,14,15). The molecule has 1 aromatic heterocycles. The van der Waals surface area contributed by atoms with Crippen molar-refractivity contribution in [3.63, 3.8) is 0 Å². The lowest BCUT2D eigenvalue weighted by molar-refractivity contribution is -0.139. The van der Waals surface area contributed by atoms with Crippen LogP contribution < -0.4 is 5.32 Å². The van der Waals surface area contributed by atoms with Gasteiger partial charge in [-0.3, -0.25) is 4.79 Å². The van der Waals surface area contributed by atoms with E-state index in [1.165, 1.54) is 11.8 Å². The number of carboxylic acid groups (broad SMARTS) is 1. The normalized spacial score (nSPS) is 12.7. The first-order valence-corrected chi connectivity index (χ1v) is 5.97. The summed E-state index contributed by atoms with van der Waals surface area (Å²) in [6.07, 6.45) is 3.28. The molecule has 88 valence electrons. The molecule has 16 heavy (non-hydrogen) atoms. The lowest BCUT2D eigenvalue weighted by Crippen LogP contribution is -2.42. The first-order chi connectivity index (χ1) is 7.59. The van der Waals surface area contributed by atoms with Crippen LogP contribution in [-0.2, 0) is 4.79 Å². The molecule has 0 aliphatic heterocycles. The van der Waals surface area contributed by atoms with E-state index in [-0.39, 0.29) is 6.04 Å². The molecule has 2 N–H and O–H groups in total. The van der Waals surface area contributed by atoms with Crippen LogP contribution in [0.15, 0.2) is 23.6 Å². The van der Waals surface area contributed by atoms with Gasteiger partial charge in [-0.2, -0.15) is 0 Å². The molecular formula is C10H15N3O2S. The fourth-order valence-corrected chi connectivity index (χ4v) is 1.94. The van der Waals surface area contributed by atoms with Gasteiger partial charge in [-0.15, -0.1) is 0 Å². The molecular weight excluding hydrogens is 226 g/mol. The third kappa shape index (κ3) is 4.59. The topological polar surface area (TPSA) is 75.1 Å². The molecule has 1 unspecified atom stereocenters. The zero-order chi connectivity index (χ0) is 12.0. The van der Waals surface area contributed by atoms with E-state index in [4.69, 9.17) is 5.11 Å². The van der Waals surface area contributed by atoms with Gasteiger partial charge in [-0.05, 0) is 6.07 Å². The smallest absolute Gasteiger partial charge is 0.321 e. The van der Waals surface area contributed by atoms with E-state index in [0.717, 1.165) is 0 Å². The van der Waals surface area contributed by atoms with Crippen molar-refractivity contribution in [1.29, 1.82) is 0 Å². The molecule has 0 aromatic carbocycles. The first-order valence-electron chi connectivity index (χ1n) is 4.98. The summed E-state index contributed by atoms with van der Waals surface area (Å²) in [5.74, 6) is -0.436. The van der Waals surface area contributed by atoms with Gasteiger partial charge in [-0.25, -0.2) is 9.97 Å². The van der Waals surface area contributed by atoms with Crippen molar-refractivity contribution in [2.75, 3.05) is 5.75 Å². The Labute approximate surface area is 98.7 Å². The second kappa shape index (κ2) is 6.44. The average molecular weight is 241 g/mol. The summed E-state index contributed by atoms with van der Waals surface area (Å²) in [5, 5.41) is 12.6. The highest BCUT2D eigenvalue weighted by molar-refractivity contribution is 7.99. The molecule has 0 amide bonds. The van der Waals surface area contributed by atoms with E-state index in [2.05, 4.69) is 15.3 Å². The van der Waals surface area contributed by atoms with Gasteiger partial charge in [0.2, 0.25) is 0 Å². The monoisotopic (exact) mass is 241 g/mol. The Bertz CT molecular complexity index is 332. The highest BCUT2D eigenvalue weighted by Crippen LogP contribution is 2.12. The minimum atomic E-state index is -0.850. The van der Waals surface area contributed by atoms with Crippen LogP contribution in [0.2, 0.25) is 0 Å². The minimum absolute atomic E-state index is 0.137. The van der Waals surface area contributed by atoms with E-state index < -0.39 is 12.0 Å². The quantitative estimate of drug-likeness (QED) is 0.572. The minimum Gasteiger partial charge on any atom is -0.480 e. The third-order valence-corrected chi connectivity index (χ3v) is 2.72. The van der Waals surface area contributed by atoms with Crippen LogP contribution >= 0.6 is 11.8 Å². The molecule has 0 saturated carbocycles. The van der Waals surface area contributed by atoms with Gasteiger partial charge in [0.05, 0.1) is 0 Å². The van der Waals surface area contributed by atoms with Gasteiger partial charge < -0.3 is 10.4 Å². The molecule has 0 radical (unpaired) electrons. The highest BCUT2D eigenvalue weighted by Gasteiger charge is 2.18. The number of nitrogens with one attached hydrogen (secondary N) is 1. The lowest BCUT2D eigenvalue weighted by atomic mass is 10.3. The molecule has 1 heterocycles. The number of aromatic nitrogens is 2. The van der Waals surface area contributed by atoms with Crippen molar-refractivity contribution < 1.29 is 9.90 Å². The molecule has 5 nitrogen and oxygen atoms in total. The maximum atomic E-state index is 10.9. The van der Waals surface area contributed by atoms with Crippen molar-refractivity contribution in [1.82, 2.24) is 15.3 Å². The van der Waals surface area contributed by atoms with Gasteiger partial charge in [0, 0.05) is 24.2 Å². The zero-order valence-corrected chi connectivity index (χ0v) is 10.1. The van der Waals surface area contributed by atoms with E-state index in [0.29, 0.717) is 10.9 Å². The maximum absolute atomic E-state index is 10.9.